The van der Waals surface area contributed by atoms with Gasteiger partial charge in [-0.1, -0.05) is 0 Å². The predicted octanol–water partition coefficient (Wildman–Crippen LogP) is 1.22. The zero-order valence-corrected chi connectivity index (χ0v) is 10.9. The van der Waals surface area contributed by atoms with Gasteiger partial charge in [-0.05, 0) is 0 Å². The molecule has 1 aromatic heterocycles. The van der Waals surface area contributed by atoms with E-state index in [9.17, 15) is 21.6 Å². The van der Waals surface area contributed by atoms with Gasteiger partial charge in [0, 0.05) is 19.2 Å². The van der Waals surface area contributed by atoms with Crippen LogP contribution in [-0.4, -0.2) is 18.0 Å². The Labute approximate surface area is 112 Å². The molecule has 0 unspecified atom stereocenters. The maximum absolute atomic E-state index is 13.0. The van der Waals surface area contributed by atoms with Gasteiger partial charge in [0.15, 0.2) is 28.3 Å². The van der Waals surface area contributed by atoms with Crippen molar-refractivity contribution in [1.82, 2.24) is 9.55 Å². The van der Waals surface area contributed by atoms with Gasteiger partial charge >= 0.3 is 0 Å². The molecule has 20 heavy (non-hydrogen) atoms. The molecule has 6 nitrogen and oxygen atoms in total. The van der Waals surface area contributed by atoms with Gasteiger partial charge in [-0.2, -0.15) is 8.42 Å². The summed E-state index contributed by atoms with van der Waals surface area (Å²) in [6.45, 7) is 0. The molecule has 0 saturated heterocycles. The van der Waals surface area contributed by atoms with Crippen molar-refractivity contribution in [2.45, 2.75) is 5.03 Å². The molecule has 0 bridgehead atoms. The lowest BCUT2D eigenvalue weighted by molar-refractivity contribution is 0.448. The number of benzene rings is 1. The van der Waals surface area contributed by atoms with Crippen LogP contribution in [0.1, 0.15) is 0 Å². The number of halogens is 3. The van der Waals surface area contributed by atoms with Crippen LogP contribution in [0.5, 0.6) is 0 Å². The molecule has 0 amide bonds. The number of hydrogen-bond donors (Lipinski definition) is 2. The van der Waals surface area contributed by atoms with Gasteiger partial charge in [0.1, 0.15) is 0 Å². The van der Waals surface area contributed by atoms with Gasteiger partial charge in [-0.15, -0.1) is 0 Å². The molecule has 10 heteroatoms. The monoisotopic (exact) mass is 306 g/mol. The van der Waals surface area contributed by atoms with Gasteiger partial charge in [0.25, 0.3) is 10.0 Å². The summed E-state index contributed by atoms with van der Waals surface area (Å²) in [6, 6.07) is 1.03. The predicted molar refractivity (Wildman–Crippen MR) is 64.7 cm³/mol. The van der Waals surface area contributed by atoms with Crippen molar-refractivity contribution in [2.75, 3.05) is 10.5 Å². The molecule has 0 fully saturated rings. The number of rotatable bonds is 3. The first-order chi connectivity index (χ1) is 9.22. The van der Waals surface area contributed by atoms with Crippen LogP contribution in [0.3, 0.4) is 0 Å². The van der Waals surface area contributed by atoms with Crippen molar-refractivity contribution in [1.29, 1.82) is 0 Å². The number of hydrogen-bond acceptors (Lipinski definition) is 4. The van der Waals surface area contributed by atoms with Crippen LogP contribution in [0, 0.1) is 17.5 Å². The van der Waals surface area contributed by atoms with E-state index in [0.29, 0.717) is 12.1 Å². The van der Waals surface area contributed by atoms with Crippen LogP contribution in [-0.2, 0) is 17.1 Å². The quantitative estimate of drug-likeness (QED) is 0.834. The Hall–Kier alpha value is -2.23. The van der Waals surface area contributed by atoms with Crippen LogP contribution in [0.15, 0.2) is 23.5 Å². The highest BCUT2D eigenvalue weighted by Gasteiger charge is 2.23. The lowest BCUT2D eigenvalue weighted by Gasteiger charge is -2.09. The zero-order valence-electron chi connectivity index (χ0n) is 10.1. The van der Waals surface area contributed by atoms with Crippen molar-refractivity contribution in [3.63, 3.8) is 0 Å². The Morgan fingerprint density at radius 3 is 2.25 bits per heavy atom. The first-order valence-corrected chi connectivity index (χ1v) is 6.65. The normalized spacial score (nSPS) is 11.6. The van der Waals surface area contributed by atoms with E-state index in [1.165, 1.54) is 7.05 Å². The highest BCUT2D eigenvalue weighted by Crippen LogP contribution is 2.22. The first kappa shape index (κ1) is 14.2. The molecule has 108 valence electrons. The average molecular weight is 306 g/mol. The van der Waals surface area contributed by atoms with Crippen LogP contribution in [0.4, 0.5) is 24.7 Å². The minimum atomic E-state index is -4.21. The van der Waals surface area contributed by atoms with Crippen LogP contribution in [0.2, 0.25) is 0 Å². The average Bonchev–Trinajstić information content (AvgIpc) is 2.66. The topological polar surface area (TPSA) is 90.0 Å². The summed E-state index contributed by atoms with van der Waals surface area (Å²) in [5.41, 5.74) is 4.94. The molecule has 2 rings (SSSR count). The van der Waals surface area contributed by atoms with Gasteiger partial charge in [-0.25, -0.2) is 18.2 Å². The molecule has 0 aliphatic heterocycles. The maximum atomic E-state index is 13.0. The van der Waals surface area contributed by atoms with Crippen LogP contribution in [0.25, 0.3) is 0 Å². The Morgan fingerprint density at radius 1 is 1.25 bits per heavy atom. The molecular formula is C10H9F3N4O2S. The summed E-state index contributed by atoms with van der Waals surface area (Å²) in [4.78, 5) is 3.59. The van der Waals surface area contributed by atoms with Gasteiger partial charge < -0.3 is 10.3 Å². The number of aryl methyl sites for hydroxylation is 1. The summed E-state index contributed by atoms with van der Waals surface area (Å²) in [7, 11) is -2.83. The molecule has 1 heterocycles. The Kier molecular flexibility index (Phi) is 3.34. The van der Waals surface area contributed by atoms with E-state index in [0.717, 1.165) is 10.9 Å². The fraction of sp³-hybridized carbons (Fsp3) is 0.100. The summed E-state index contributed by atoms with van der Waals surface area (Å²) in [5, 5.41) is -0.373. The van der Waals surface area contributed by atoms with E-state index in [1.54, 1.807) is 0 Å². The fourth-order valence-corrected chi connectivity index (χ4v) is 2.86. The largest absolute Gasteiger partial charge is 0.381 e. The number of nitrogen functional groups attached to an aromatic ring is 1. The summed E-state index contributed by atoms with van der Waals surface area (Å²) >= 11 is 0. The molecule has 0 aliphatic rings. The third kappa shape index (κ3) is 2.41. The lowest BCUT2D eigenvalue weighted by Crippen LogP contribution is -2.18. The Bertz CT molecular complexity index is 730. The van der Waals surface area contributed by atoms with Gasteiger partial charge in [0.05, 0.1) is 12.0 Å². The second-order valence-corrected chi connectivity index (χ2v) is 5.50. The Balaban J connectivity index is 2.44. The van der Waals surface area contributed by atoms with E-state index in [4.69, 9.17) is 5.73 Å². The number of aromatic nitrogens is 2. The van der Waals surface area contributed by atoms with E-state index < -0.39 is 33.2 Å². The van der Waals surface area contributed by atoms with E-state index >= 15 is 0 Å². The number of sulfonamides is 1. The highest BCUT2D eigenvalue weighted by atomic mass is 32.2. The molecule has 0 saturated carbocycles. The number of nitrogens with two attached hydrogens (primary N) is 1. The number of imidazole rings is 1. The lowest BCUT2D eigenvalue weighted by atomic mass is 10.3. The first-order valence-electron chi connectivity index (χ1n) is 5.16. The summed E-state index contributed by atoms with van der Waals surface area (Å²) in [6.07, 6.45) is 1.16. The molecular weight excluding hydrogens is 297 g/mol. The van der Waals surface area contributed by atoms with E-state index in [-0.39, 0.29) is 10.8 Å². The second kappa shape index (κ2) is 4.71. The summed E-state index contributed by atoms with van der Waals surface area (Å²) in [5.74, 6) is -4.99. The number of anilines is 2. The van der Waals surface area contributed by atoms with Gasteiger partial charge in [0.2, 0.25) is 0 Å². The van der Waals surface area contributed by atoms with Gasteiger partial charge in [-0.3, -0.25) is 4.72 Å². The third-order valence-corrected chi connectivity index (χ3v) is 3.91. The fourth-order valence-electron chi connectivity index (χ4n) is 1.58. The Morgan fingerprint density at radius 2 is 1.80 bits per heavy atom. The molecule has 1 aromatic carbocycles. The molecule has 0 aliphatic carbocycles. The SMILES string of the molecule is Cn1cnc(N)c1S(=O)(=O)Nc1cc(F)c(F)c(F)c1. The molecule has 3 N–H and O–H groups in total. The smallest absolute Gasteiger partial charge is 0.281 e. The van der Waals surface area contributed by atoms with Crippen molar-refractivity contribution in [3.8, 4) is 0 Å². The van der Waals surface area contributed by atoms with E-state index in [1.807, 2.05) is 4.72 Å². The highest BCUT2D eigenvalue weighted by molar-refractivity contribution is 7.92. The zero-order chi connectivity index (χ0) is 15.1. The standard InChI is InChI=1S/C10H9F3N4O2S/c1-17-4-15-9(14)10(17)20(18,19)16-5-2-6(11)8(13)7(12)3-5/h2-4,16H,14H2,1H3. The second-order valence-electron chi connectivity index (χ2n) is 3.91. The van der Waals surface area contributed by atoms with Crippen LogP contribution < -0.4 is 10.5 Å². The van der Waals surface area contributed by atoms with E-state index in [2.05, 4.69) is 4.98 Å². The van der Waals surface area contributed by atoms with Crippen molar-refractivity contribution >= 4 is 21.5 Å². The minimum Gasteiger partial charge on any atom is -0.381 e. The minimum absolute atomic E-state index is 0.275. The maximum Gasteiger partial charge on any atom is 0.281 e. The number of nitrogens with one attached hydrogen (secondary N) is 1. The summed E-state index contributed by atoms with van der Waals surface area (Å²) < 4.78 is 65.9. The molecule has 0 spiro atoms. The van der Waals surface area contributed by atoms with Crippen molar-refractivity contribution < 1.29 is 21.6 Å². The van der Waals surface area contributed by atoms with Crippen molar-refractivity contribution in [3.05, 3.63) is 35.9 Å². The molecule has 0 radical (unpaired) electrons. The molecule has 0 atom stereocenters. The third-order valence-electron chi connectivity index (χ3n) is 2.40. The van der Waals surface area contributed by atoms with Crippen LogP contribution >= 0.6 is 0 Å². The molecule has 2 aromatic rings. The van der Waals surface area contributed by atoms with Crippen molar-refractivity contribution in [2.24, 2.45) is 7.05 Å². The number of nitrogens with zero attached hydrogens (tertiary/aromatic N) is 2.